The van der Waals surface area contributed by atoms with E-state index in [1.807, 2.05) is 19.1 Å². The second-order valence-corrected chi connectivity index (χ2v) is 5.56. The monoisotopic (exact) mass is 326 g/mol. The number of carbonyl (C=O) groups excluding carboxylic acids is 2. The van der Waals surface area contributed by atoms with Gasteiger partial charge in [-0.15, -0.1) is 0 Å². The standard InChI is InChI=1S/C17H14N2O3S/c1-11-5-7-12(8-6-11)19-16(21)14(10-13-4-3-9-22-13)15(20)18(2)17(19)23/h3-10H,1-2H3/b14-10+. The molecule has 6 heteroatoms. The number of amides is 2. The summed E-state index contributed by atoms with van der Waals surface area (Å²) in [4.78, 5) is 27.8. The van der Waals surface area contributed by atoms with E-state index in [1.54, 1.807) is 31.3 Å². The van der Waals surface area contributed by atoms with E-state index in [0.717, 1.165) is 5.56 Å². The molecule has 0 bridgehead atoms. The number of rotatable bonds is 2. The van der Waals surface area contributed by atoms with Crippen molar-refractivity contribution in [1.29, 1.82) is 0 Å². The number of hydrogen-bond donors (Lipinski definition) is 0. The molecule has 1 fully saturated rings. The van der Waals surface area contributed by atoms with Crippen molar-refractivity contribution in [2.75, 3.05) is 11.9 Å². The van der Waals surface area contributed by atoms with Gasteiger partial charge in [0.15, 0.2) is 5.11 Å². The molecule has 1 aliphatic heterocycles. The van der Waals surface area contributed by atoms with Gasteiger partial charge in [0.05, 0.1) is 12.0 Å². The molecule has 116 valence electrons. The summed E-state index contributed by atoms with van der Waals surface area (Å²) < 4.78 is 5.20. The van der Waals surface area contributed by atoms with E-state index in [-0.39, 0.29) is 10.7 Å². The summed E-state index contributed by atoms with van der Waals surface area (Å²) in [6, 6.07) is 10.7. The van der Waals surface area contributed by atoms with Crippen molar-refractivity contribution in [3.8, 4) is 0 Å². The highest BCUT2D eigenvalue weighted by Crippen LogP contribution is 2.25. The first-order valence-corrected chi connectivity index (χ1v) is 7.38. The molecule has 2 amide bonds. The van der Waals surface area contributed by atoms with Crippen LogP contribution in [0.3, 0.4) is 0 Å². The number of thiocarbonyl (C=S) groups is 1. The Labute approximate surface area is 138 Å². The Morgan fingerprint density at radius 3 is 2.39 bits per heavy atom. The Morgan fingerprint density at radius 1 is 1.09 bits per heavy atom. The predicted molar refractivity (Wildman–Crippen MR) is 90.7 cm³/mol. The van der Waals surface area contributed by atoms with Crippen molar-refractivity contribution in [2.45, 2.75) is 6.92 Å². The lowest BCUT2D eigenvalue weighted by molar-refractivity contribution is -0.127. The maximum atomic E-state index is 12.8. The van der Waals surface area contributed by atoms with Crippen LogP contribution in [0, 0.1) is 6.92 Å². The lowest BCUT2D eigenvalue weighted by Gasteiger charge is -2.34. The van der Waals surface area contributed by atoms with Crippen molar-refractivity contribution >= 4 is 40.9 Å². The third-order valence-corrected chi connectivity index (χ3v) is 4.03. The van der Waals surface area contributed by atoms with Crippen LogP contribution < -0.4 is 4.90 Å². The van der Waals surface area contributed by atoms with Gasteiger partial charge in [0.25, 0.3) is 11.8 Å². The number of furan rings is 1. The lowest BCUT2D eigenvalue weighted by atomic mass is 10.1. The van der Waals surface area contributed by atoms with Gasteiger partial charge < -0.3 is 4.42 Å². The van der Waals surface area contributed by atoms with Crippen LogP contribution in [0.15, 0.2) is 52.7 Å². The van der Waals surface area contributed by atoms with Crippen LogP contribution >= 0.6 is 12.2 Å². The topological polar surface area (TPSA) is 53.8 Å². The summed E-state index contributed by atoms with van der Waals surface area (Å²) in [5, 5.41) is 0.153. The molecule has 1 aliphatic rings. The minimum Gasteiger partial charge on any atom is -0.465 e. The van der Waals surface area contributed by atoms with E-state index in [4.69, 9.17) is 16.6 Å². The second-order valence-electron chi connectivity index (χ2n) is 5.20. The predicted octanol–water partition coefficient (Wildman–Crippen LogP) is 2.76. The van der Waals surface area contributed by atoms with E-state index in [0.29, 0.717) is 11.4 Å². The van der Waals surface area contributed by atoms with E-state index in [1.165, 1.54) is 22.1 Å². The maximum absolute atomic E-state index is 12.8. The smallest absolute Gasteiger partial charge is 0.270 e. The largest absolute Gasteiger partial charge is 0.465 e. The van der Waals surface area contributed by atoms with Gasteiger partial charge >= 0.3 is 0 Å². The fraction of sp³-hybridized carbons (Fsp3) is 0.118. The highest BCUT2D eigenvalue weighted by molar-refractivity contribution is 7.80. The first kappa shape index (κ1) is 15.2. The molecule has 1 aromatic carbocycles. The number of aryl methyl sites for hydroxylation is 1. The van der Waals surface area contributed by atoms with E-state index < -0.39 is 11.8 Å². The number of likely N-dealkylation sites (N-methyl/N-ethyl adjacent to an activating group) is 1. The van der Waals surface area contributed by atoms with E-state index in [9.17, 15) is 9.59 Å². The number of hydrogen-bond acceptors (Lipinski definition) is 4. The van der Waals surface area contributed by atoms with Crippen molar-refractivity contribution in [3.63, 3.8) is 0 Å². The van der Waals surface area contributed by atoms with Crippen LogP contribution in [0.4, 0.5) is 5.69 Å². The average Bonchev–Trinajstić information content (AvgIpc) is 3.05. The summed E-state index contributed by atoms with van der Waals surface area (Å²) in [7, 11) is 1.55. The molecule has 0 N–H and O–H groups in total. The number of anilines is 1. The maximum Gasteiger partial charge on any atom is 0.270 e. The normalized spacial score (nSPS) is 17.3. The van der Waals surface area contributed by atoms with Gasteiger partial charge in [-0.05, 0) is 49.5 Å². The van der Waals surface area contributed by atoms with Crippen molar-refractivity contribution in [2.24, 2.45) is 0 Å². The van der Waals surface area contributed by atoms with Crippen LogP contribution in [0.2, 0.25) is 0 Å². The molecule has 3 rings (SSSR count). The molecular weight excluding hydrogens is 312 g/mol. The Morgan fingerprint density at radius 2 is 1.78 bits per heavy atom. The molecule has 2 heterocycles. The SMILES string of the molecule is Cc1ccc(N2C(=O)/C(=C/c3ccco3)C(=O)N(C)C2=S)cc1. The second kappa shape index (κ2) is 5.81. The van der Waals surface area contributed by atoms with Crippen LogP contribution in [0.5, 0.6) is 0 Å². The van der Waals surface area contributed by atoms with Crippen LogP contribution in [-0.2, 0) is 9.59 Å². The number of benzene rings is 1. The molecule has 0 atom stereocenters. The third kappa shape index (κ3) is 2.68. The zero-order valence-electron chi connectivity index (χ0n) is 12.6. The molecule has 1 saturated heterocycles. The Balaban J connectivity index is 2.06. The summed E-state index contributed by atoms with van der Waals surface area (Å²) in [5.74, 6) is -0.468. The van der Waals surface area contributed by atoms with Crippen molar-refractivity contribution in [1.82, 2.24) is 4.90 Å². The molecule has 0 unspecified atom stereocenters. The fourth-order valence-corrected chi connectivity index (χ4v) is 2.55. The van der Waals surface area contributed by atoms with Gasteiger partial charge in [0.1, 0.15) is 11.3 Å². The zero-order valence-corrected chi connectivity index (χ0v) is 13.5. The summed E-state index contributed by atoms with van der Waals surface area (Å²) in [5.41, 5.74) is 1.70. The molecule has 0 saturated carbocycles. The molecule has 0 radical (unpaired) electrons. The van der Waals surface area contributed by atoms with Crippen LogP contribution in [0.25, 0.3) is 6.08 Å². The summed E-state index contributed by atoms with van der Waals surface area (Å²) in [6.07, 6.45) is 2.92. The Bertz CT molecular complexity index is 807. The highest BCUT2D eigenvalue weighted by atomic mass is 32.1. The summed E-state index contributed by atoms with van der Waals surface area (Å²) in [6.45, 7) is 1.96. The fourth-order valence-electron chi connectivity index (χ4n) is 2.28. The molecule has 5 nitrogen and oxygen atoms in total. The third-order valence-electron chi connectivity index (χ3n) is 3.57. The molecule has 23 heavy (non-hydrogen) atoms. The van der Waals surface area contributed by atoms with Gasteiger partial charge in [-0.1, -0.05) is 17.7 Å². The van der Waals surface area contributed by atoms with Crippen molar-refractivity contribution in [3.05, 3.63) is 59.6 Å². The molecule has 0 spiro atoms. The first-order valence-electron chi connectivity index (χ1n) is 6.97. The number of carbonyl (C=O) groups is 2. The minimum absolute atomic E-state index is 0.0108. The van der Waals surface area contributed by atoms with Crippen LogP contribution in [0.1, 0.15) is 11.3 Å². The van der Waals surface area contributed by atoms with Gasteiger partial charge in [-0.2, -0.15) is 0 Å². The average molecular weight is 326 g/mol. The number of nitrogens with zero attached hydrogens (tertiary/aromatic N) is 2. The Hall–Kier alpha value is -2.73. The van der Waals surface area contributed by atoms with E-state index >= 15 is 0 Å². The lowest BCUT2D eigenvalue weighted by Crippen LogP contribution is -2.54. The van der Waals surface area contributed by atoms with Gasteiger partial charge in [0, 0.05) is 7.05 Å². The quantitative estimate of drug-likeness (QED) is 0.484. The summed E-state index contributed by atoms with van der Waals surface area (Å²) >= 11 is 5.28. The molecule has 2 aromatic rings. The molecule has 0 aliphatic carbocycles. The van der Waals surface area contributed by atoms with E-state index in [2.05, 4.69) is 0 Å². The van der Waals surface area contributed by atoms with Crippen molar-refractivity contribution < 1.29 is 14.0 Å². The molecular formula is C17H14N2O3S. The van der Waals surface area contributed by atoms with Gasteiger partial charge in [-0.25, -0.2) is 0 Å². The van der Waals surface area contributed by atoms with Gasteiger partial charge in [0.2, 0.25) is 0 Å². The zero-order chi connectivity index (χ0) is 16.6. The first-order chi connectivity index (χ1) is 11.0. The van der Waals surface area contributed by atoms with Crippen LogP contribution in [-0.4, -0.2) is 28.9 Å². The van der Waals surface area contributed by atoms with Gasteiger partial charge in [-0.3, -0.25) is 19.4 Å². The minimum atomic E-state index is -0.460. The Kier molecular flexibility index (Phi) is 3.83. The highest BCUT2D eigenvalue weighted by Gasteiger charge is 2.38. The molecule has 1 aromatic heterocycles.